The first kappa shape index (κ1) is 24.2. The second kappa shape index (κ2) is 9.85. The van der Waals surface area contributed by atoms with Crippen molar-refractivity contribution in [1.29, 1.82) is 0 Å². The lowest BCUT2D eigenvalue weighted by Gasteiger charge is -2.27. The van der Waals surface area contributed by atoms with Crippen molar-refractivity contribution in [2.45, 2.75) is 19.4 Å². The fourth-order valence-electron chi connectivity index (χ4n) is 4.92. The van der Waals surface area contributed by atoms with E-state index in [0.717, 1.165) is 22.0 Å². The molecule has 0 aliphatic carbocycles. The minimum atomic E-state index is -0.827. The summed E-state index contributed by atoms with van der Waals surface area (Å²) in [6.07, 6.45) is 2.45. The highest BCUT2D eigenvalue weighted by Crippen LogP contribution is 2.43. The zero-order chi connectivity index (χ0) is 26.1. The maximum Gasteiger partial charge on any atom is 0.295 e. The van der Waals surface area contributed by atoms with Crippen molar-refractivity contribution >= 4 is 28.4 Å². The Hall–Kier alpha value is -4.52. The second-order valence-corrected chi connectivity index (χ2v) is 9.08. The van der Waals surface area contributed by atoms with Crippen LogP contribution in [0.2, 0.25) is 0 Å². The molecule has 7 nitrogen and oxygen atoms in total. The van der Waals surface area contributed by atoms with Crippen LogP contribution in [-0.4, -0.2) is 47.4 Å². The van der Waals surface area contributed by atoms with Crippen LogP contribution in [-0.2, 0) is 16.0 Å². The SMILES string of the molecule is COc1ccc(C2C(=C(O)c3ccc(C)cc3)C(=O)C(=O)N2CCc2c[nH]c3ccccc23)c(OC)c1. The number of H-pyrrole nitrogens is 1. The largest absolute Gasteiger partial charge is 0.507 e. The topological polar surface area (TPSA) is 91.9 Å². The van der Waals surface area contributed by atoms with Crippen molar-refractivity contribution in [3.05, 3.63) is 101 Å². The van der Waals surface area contributed by atoms with E-state index in [0.29, 0.717) is 29.0 Å². The van der Waals surface area contributed by atoms with Crippen molar-refractivity contribution in [3.63, 3.8) is 0 Å². The molecule has 188 valence electrons. The molecule has 1 aliphatic heterocycles. The van der Waals surface area contributed by atoms with E-state index in [9.17, 15) is 14.7 Å². The van der Waals surface area contributed by atoms with E-state index in [-0.39, 0.29) is 17.9 Å². The fraction of sp³-hybridized carbons (Fsp3) is 0.200. The number of aliphatic hydroxyl groups is 1. The number of carbonyl (C=O) groups excluding carboxylic acids is 2. The lowest BCUT2D eigenvalue weighted by Crippen LogP contribution is -2.31. The maximum absolute atomic E-state index is 13.4. The zero-order valence-electron chi connectivity index (χ0n) is 20.9. The number of Topliss-reactive ketones (excluding diaryl/α,β-unsaturated/α-hetero) is 1. The van der Waals surface area contributed by atoms with Crippen LogP contribution in [0.25, 0.3) is 16.7 Å². The molecule has 2 N–H and O–H groups in total. The van der Waals surface area contributed by atoms with Gasteiger partial charge in [0, 0.05) is 40.8 Å². The highest BCUT2D eigenvalue weighted by molar-refractivity contribution is 6.46. The van der Waals surface area contributed by atoms with Gasteiger partial charge in [0.05, 0.1) is 25.8 Å². The second-order valence-electron chi connectivity index (χ2n) is 9.08. The Morgan fingerprint density at radius 3 is 2.49 bits per heavy atom. The van der Waals surface area contributed by atoms with Crippen molar-refractivity contribution in [1.82, 2.24) is 9.88 Å². The highest BCUT2D eigenvalue weighted by Gasteiger charge is 2.47. The van der Waals surface area contributed by atoms with Crippen molar-refractivity contribution < 1.29 is 24.2 Å². The molecule has 1 aliphatic rings. The maximum atomic E-state index is 13.4. The van der Waals surface area contributed by atoms with Gasteiger partial charge in [-0.2, -0.15) is 0 Å². The average Bonchev–Trinajstić information content (AvgIpc) is 3.45. The van der Waals surface area contributed by atoms with Crippen molar-refractivity contribution in [3.8, 4) is 11.5 Å². The van der Waals surface area contributed by atoms with Gasteiger partial charge in [0.25, 0.3) is 11.7 Å². The normalized spacial score (nSPS) is 16.9. The number of methoxy groups -OCH3 is 2. The number of hydrogen-bond acceptors (Lipinski definition) is 5. The highest BCUT2D eigenvalue weighted by atomic mass is 16.5. The number of rotatable bonds is 7. The minimum Gasteiger partial charge on any atom is -0.507 e. The molecule has 2 heterocycles. The number of nitrogens with zero attached hydrogens (tertiary/aromatic N) is 1. The van der Waals surface area contributed by atoms with Crippen LogP contribution in [0, 0.1) is 6.92 Å². The summed E-state index contributed by atoms with van der Waals surface area (Å²) in [7, 11) is 3.08. The minimum absolute atomic E-state index is 0.0382. The Balaban J connectivity index is 1.61. The predicted octanol–water partition coefficient (Wildman–Crippen LogP) is 5.16. The first-order valence-electron chi connectivity index (χ1n) is 12.0. The molecule has 1 unspecified atom stereocenters. The standard InChI is InChI=1S/C30H28N2O5/c1-18-8-10-19(11-9-18)28(33)26-27(23-13-12-21(36-2)16-25(23)37-3)32(30(35)29(26)34)15-14-20-17-31-24-7-5-4-6-22(20)24/h4-13,16-17,27,31,33H,14-15H2,1-3H3. The molecule has 0 spiro atoms. The van der Waals surface area contributed by atoms with Crippen LogP contribution in [0.5, 0.6) is 11.5 Å². The molecule has 0 radical (unpaired) electrons. The number of aromatic nitrogens is 1. The van der Waals surface area contributed by atoms with Crippen LogP contribution >= 0.6 is 0 Å². The zero-order valence-corrected chi connectivity index (χ0v) is 20.9. The monoisotopic (exact) mass is 496 g/mol. The van der Waals surface area contributed by atoms with E-state index in [4.69, 9.17) is 9.47 Å². The van der Waals surface area contributed by atoms with Gasteiger partial charge in [0.15, 0.2) is 0 Å². The van der Waals surface area contributed by atoms with Gasteiger partial charge in [-0.05, 0) is 37.1 Å². The summed E-state index contributed by atoms with van der Waals surface area (Å²) in [4.78, 5) is 31.6. The predicted molar refractivity (Wildman–Crippen MR) is 142 cm³/mol. The Bertz CT molecular complexity index is 1520. The number of likely N-dealkylation sites (tertiary alicyclic amines) is 1. The number of benzene rings is 3. The summed E-state index contributed by atoms with van der Waals surface area (Å²) < 4.78 is 11.0. The summed E-state index contributed by atoms with van der Waals surface area (Å²) in [6.45, 7) is 2.21. The summed E-state index contributed by atoms with van der Waals surface area (Å²) in [5.74, 6) is -0.555. The summed E-state index contributed by atoms with van der Waals surface area (Å²) in [5, 5.41) is 12.4. The molecule has 1 saturated heterocycles. The molecule has 3 aromatic carbocycles. The first-order valence-corrected chi connectivity index (χ1v) is 12.0. The van der Waals surface area contributed by atoms with Gasteiger partial charge < -0.3 is 24.5 Å². The number of amides is 1. The molecule has 0 saturated carbocycles. The molecular weight excluding hydrogens is 468 g/mol. The van der Waals surface area contributed by atoms with Crippen LogP contribution in [0.3, 0.4) is 0 Å². The molecule has 1 atom stereocenters. The van der Waals surface area contributed by atoms with Gasteiger partial charge in [-0.15, -0.1) is 0 Å². The Morgan fingerprint density at radius 1 is 1.00 bits per heavy atom. The van der Waals surface area contributed by atoms with Crippen LogP contribution in [0.1, 0.15) is 28.3 Å². The van der Waals surface area contributed by atoms with E-state index in [1.54, 1.807) is 37.4 Å². The number of aromatic amines is 1. The molecule has 5 rings (SSSR count). The third kappa shape index (κ3) is 4.33. The van der Waals surface area contributed by atoms with Crippen LogP contribution in [0.15, 0.2) is 78.5 Å². The number of para-hydroxylation sites is 1. The molecule has 1 amide bonds. The van der Waals surface area contributed by atoms with Gasteiger partial charge in [-0.25, -0.2) is 0 Å². The number of nitrogens with one attached hydrogen (secondary N) is 1. The molecule has 4 aromatic rings. The number of aliphatic hydroxyl groups excluding tert-OH is 1. The molecule has 37 heavy (non-hydrogen) atoms. The van der Waals surface area contributed by atoms with Crippen LogP contribution < -0.4 is 9.47 Å². The summed E-state index contributed by atoms with van der Waals surface area (Å²) in [5.41, 5.74) is 4.16. The lowest BCUT2D eigenvalue weighted by molar-refractivity contribution is -0.139. The van der Waals surface area contributed by atoms with Crippen LogP contribution in [0.4, 0.5) is 0 Å². The van der Waals surface area contributed by atoms with Crippen molar-refractivity contribution in [2.75, 3.05) is 20.8 Å². The van der Waals surface area contributed by atoms with E-state index in [2.05, 4.69) is 4.98 Å². The smallest absolute Gasteiger partial charge is 0.295 e. The summed E-state index contributed by atoms with van der Waals surface area (Å²) in [6, 6.07) is 19.5. The number of fused-ring (bicyclic) bond motifs is 1. The third-order valence-corrected chi connectivity index (χ3v) is 6.90. The van der Waals surface area contributed by atoms with Gasteiger partial charge in [0.1, 0.15) is 17.3 Å². The number of ketones is 1. The quantitative estimate of drug-likeness (QED) is 0.210. The number of hydrogen-bond donors (Lipinski definition) is 2. The van der Waals surface area contributed by atoms with Gasteiger partial charge in [-0.3, -0.25) is 9.59 Å². The Morgan fingerprint density at radius 2 is 1.76 bits per heavy atom. The molecular formula is C30H28N2O5. The molecule has 1 aromatic heterocycles. The number of carbonyl (C=O) groups is 2. The average molecular weight is 497 g/mol. The third-order valence-electron chi connectivity index (χ3n) is 6.90. The molecule has 0 bridgehead atoms. The first-order chi connectivity index (χ1) is 17.9. The van der Waals surface area contributed by atoms with Gasteiger partial charge in [0.2, 0.25) is 0 Å². The molecule has 7 heteroatoms. The lowest BCUT2D eigenvalue weighted by atomic mass is 9.94. The fourth-order valence-corrected chi connectivity index (χ4v) is 4.92. The van der Waals surface area contributed by atoms with E-state index < -0.39 is 17.7 Å². The Kier molecular flexibility index (Phi) is 6.44. The number of aryl methyl sites for hydroxylation is 1. The number of ether oxygens (including phenoxy) is 2. The van der Waals surface area contributed by atoms with Gasteiger partial charge in [-0.1, -0.05) is 48.0 Å². The Labute approximate surface area is 214 Å². The van der Waals surface area contributed by atoms with E-state index in [1.807, 2.05) is 49.5 Å². The van der Waals surface area contributed by atoms with E-state index >= 15 is 0 Å². The van der Waals surface area contributed by atoms with E-state index in [1.165, 1.54) is 12.0 Å². The summed E-state index contributed by atoms with van der Waals surface area (Å²) >= 11 is 0. The molecule has 1 fully saturated rings. The van der Waals surface area contributed by atoms with Gasteiger partial charge >= 0.3 is 0 Å². The van der Waals surface area contributed by atoms with Crippen molar-refractivity contribution in [2.24, 2.45) is 0 Å².